The Morgan fingerprint density at radius 3 is 2.24 bits per heavy atom. The highest BCUT2D eigenvalue weighted by Crippen LogP contribution is 2.47. The molecule has 9 N–H and O–H groups in total. The second-order valence-corrected chi connectivity index (χ2v) is 8.14. The molecule has 1 aliphatic rings. The highest BCUT2D eigenvalue weighted by Gasteiger charge is 2.54. The highest BCUT2D eigenvalue weighted by molar-refractivity contribution is 6.02. The van der Waals surface area contributed by atoms with Crippen LogP contribution >= 0.6 is 0 Å². The van der Waals surface area contributed by atoms with Gasteiger partial charge in [-0.25, -0.2) is 0 Å². The molecule has 0 saturated carbocycles. The molecule has 0 unspecified atom stereocenters. The number of Topliss-reactive ketones (excluding diaryl/α,β-unsaturated/α-hetero) is 1. The van der Waals surface area contributed by atoms with E-state index in [1.54, 1.807) is 0 Å². The number of ether oxygens (including phenoxy) is 1. The first-order valence-corrected chi connectivity index (χ1v) is 10.0. The number of hydrogen-bond donors (Lipinski definition) is 9. The van der Waals surface area contributed by atoms with Gasteiger partial charge in [-0.2, -0.15) is 0 Å². The predicted molar refractivity (Wildman–Crippen MR) is 111 cm³/mol. The molecule has 0 aromatic heterocycles. The molecule has 1 fully saturated rings. The first kappa shape index (κ1) is 24.7. The molecule has 3 rings (SSSR count). The Hall–Kier alpha value is -2.93. The van der Waals surface area contributed by atoms with Gasteiger partial charge in [0.05, 0.1) is 17.7 Å². The number of carbonyl (C=O) groups is 1. The molecule has 0 aliphatic carbocycles. The Morgan fingerprint density at radius 1 is 1.00 bits per heavy atom. The van der Waals surface area contributed by atoms with Gasteiger partial charge in [0.1, 0.15) is 47.6 Å². The Bertz CT molecular complexity index is 1040. The lowest BCUT2D eigenvalue weighted by atomic mass is 9.79. The fraction of sp³-hybridized carbons (Fsp3) is 0.409. The molecule has 2 aromatic carbocycles. The van der Waals surface area contributed by atoms with Crippen molar-refractivity contribution in [3.8, 4) is 23.0 Å². The lowest BCUT2D eigenvalue weighted by molar-refractivity contribution is -0.274. The second-order valence-electron chi connectivity index (χ2n) is 8.14. The summed E-state index contributed by atoms with van der Waals surface area (Å²) < 4.78 is 5.53. The molecule has 180 valence electrons. The minimum Gasteiger partial charge on any atom is -0.507 e. The van der Waals surface area contributed by atoms with E-state index in [-0.39, 0.29) is 12.2 Å². The summed E-state index contributed by atoms with van der Waals surface area (Å²) in [6.45, 7) is 0.437. The lowest BCUT2D eigenvalue weighted by Gasteiger charge is -2.47. The molecular weight excluding hydrogens is 440 g/mol. The summed E-state index contributed by atoms with van der Waals surface area (Å²) in [4.78, 5) is 12.9. The maximum atomic E-state index is 12.9. The lowest BCUT2D eigenvalue weighted by Crippen LogP contribution is -2.62. The number of aromatic hydroxyl groups is 4. The van der Waals surface area contributed by atoms with Crippen LogP contribution in [0, 0.1) is 0 Å². The Morgan fingerprint density at radius 2 is 1.64 bits per heavy atom. The highest BCUT2D eigenvalue weighted by atomic mass is 16.6. The molecule has 0 amide bonds. The summed E-state index contributed by atoms with van der Waals surface area (Å²) in [7, 11) is 0. The Balaban J connectivity index is 1.97. The molecule has 6 atom stereocenters. The molecule has 33 heavy (non-hydrogen) atoms. The Kier molecular flexibility index (Phi) is 6.84. The van der Waals surface area contributed by atoms with Gasteiger partial charge in [-0.05, 0) is 36.8 Å². The third kappa shape index (κ3) is 4.34. The number of hydrogen-bond acceptors (Lipinski definition) is 11. The first-order valence-electron chi connectivity index (χ1n) is 10.0. The van der Waals surface area contributed by atoms with Gasteiger partial charge in [-0.3, -0.25) is 4.79 Å². The molecule has 1 heterocycles. The van der Waals surface area contributed by atoms with Crippen LogP contribution in [-0.2, 0) is 16.8 Å². The smallest absolute Gasteiger partial charge is 0.195 e. The zero-order valence-electron chi connectivity index (χ0n) is 17.5. The molecule has 0 spiro atoms. The molecule has 2 aromatic rings. The molecule has 1 aliphatic heterocycles. The summed E-state index contributed by atoms with van der Waals surface area (Å²) in [5, 5.41) is 90.7. The van der Waals surface area contributed by atoms with E-state index < -0.39 is 76.9 Å². The summed E-state index contributed by atoms with van der Waals surface area (Å²) in [5.74, 6) is -3.24. The zero-order valence-corrected chi connectivity index (χ0v) is 17.5. The summed E-state index contributed by atoms with van der Waals surface area (Å²) in [5.41, 5.74) is -2.66. The maximum absolute atomic E-state index is 12.9. The predicted octanol–water partition coefficient (Wildman–Crippen LogP) is -1.02. The number of ketones is 1. The van der Waals surface area contributed by atoms with Gasteiger partial charge >= 0.3 is 0 Å². The molecule has 11 nitrogen and oxygen atoms in total. The van der Waals surface area contributed by atoms with Gasteiger partial charge in [0.2, 0.25) is 0 Å². The third-order valence-corrected chi connectivity index (χ3v) is 5.88. The fourth-order valence-electron chi connectivity index (χ4n) is 4.00. The number of benzene rings is 2. The quantitative estimate of drug-likeness (QED) is 0.186. The van der Waals surface area contributed by atoms with E-state index in [1.807, 2.05) is 0 Å². The van der Waals surface area contributed by atoms with Gasteiger partial charge in [0, 0.05) is 6.42 Å². The molecule has 0 radical (unpaired) electrons. The standard InChI is InChI=1S/C22H26O11/c1-22(21(32)20(31)19(30)15(8-23)33-22)16-12(25)5-3-10(18(16)29)17(28)14(27)7-9-2-4-11(24)13(26)6-9/h2-6,14-15,19-21,23-27,29-32H,7-8H2,1H3/t14-,15-,19-,20+,21-,22+/m1/s1. The van der Waals surface area contributed by atoms with Gasteiger partial charge in [0.15, 0.2) is 17.3 Å². The van der Waals surface area contributed by atoms with E-state index in [1.165, 1.54) is 19.1 Å². The van der Waals surface area contributed by atoms with Crippen LogP contribution in [0.5, 0.6) is 23.0 Å². The number of phenols is 4. The van der Waals surface area contributed by atoms with Crippen molar-refractivity contribution < 1.29 is 55.5 Å². The van der Waals surface area contributed by atoms with E-state index in [0.717, 1.165) is 18.2 Å². The first-order chi connectivity index (χ1) is 15.4. The van der Waals surface area contributed by atoms with Crippen LogP contribution in [0.15, 0.2) is 30.3 Å². The van der Waals surface area contributed by atoms with Crippen molar-refractivity contribution in [2.24, 2.45) is 0 Å². The second kappa shape index (κ2) is 9.14. The van der Waals surface area contributed by atoms with Crippen LogP contribution in [0.2, 0.25) is 0 Å². The van der Waals surface area contributed by atoms with Crippen LogP contribution < -0.4 is 0 Å². The summed E-state index contributed by atoms with van der Waals surface area (Å²) >= 11 is 0. The van der Waals surface area contributed by atoms with Crippen molar-refractivity contribution in [3.63, 3.8) is 0 Å². The monoisotopic (exact) mass is 466 g/mol. The van der Waals surface area contributed by atoms with Crippen molar-refractivity contribution in [1.82, 2.24) is 0 Å². The van der Waals surface area contributed by atoms with Crippen LogP contribution in [0.4, 0.5) is 0 Å². The third-order valence-electron chi connectivity index (χ3n) is 5.88. The van der Waals surface area contributed by atoms with Gasteiger partial charge in [-0.1, -0.05) is 6.07 Å². The van der Waals surface area contributed by atoms with Crippen molar-refractivity contribution >= 4 is 5.78 Å². The molecule has 1 saturated heterocycles. The topological polar surface area (TPSA) is 208 Å². The Labute approximate surface area is 188 Å². The number of aliphatic hydroxyl groups is 5. The van der Waals surface area contributed by atoms with Crippen molar-refractivity contribution in [3.05, 3.63) is 47.0 Å². The van der Waals surface area contributed by atoms with Crippen molar-refractivity contribution in [2.45, 2.75) is 49.5 Å². The van der Waals surface area contributed by atoms with E-state index in [2.05, 4.69) is 0 Å². The average Bonchev–Trinajstić information content (AvgIpc) is 2.77. The number of carbonyl (C=O) groups excluding carboxylic acids is 1. The van der Waals surface area contributed by atoms with E-state index in [0.29, 0.717) is 5.56 Å². The minimum absolute atomic E-state index is 0.282. The molecule has 0 bridgehead atoms. The fourth-order valence-corrected chi connectivity index (χ4v) is 4.00. The summed E-state index contributed by atoms with van der Waals surface area (Å²) in [6.07, 6.45) is -8.69. The largest absolute Gasteiger partial charge is 0.507 e. The molecular formula is C22H26O11. The van der Waals surface area contributed by atoms with E-state index in [4.69, 9.17) is 4.74 Å². The number of rotatable bonds is 6. The van der Waals surface area contributed by atoms with Gasteiger partial charge < -0.3 is 50.7 Å². The van der Waals surface area contributed by atoms with E-state index in [9.17, 15) is 50.8 Å². The summed E-state index contributed by atoms with van der Waals surface area (Å²) in [6, 6.07) is 5.78. The number of phenolic OH excluding ortho intramolecular Hbond substituents is 4. The minimum atomic E-state index is -2.05. The normalized spacial score (nSPS) is 28.4. The van der Waals surface area contributed by atoms with Crippen LogP contribution in [0.3, 0.4) is 0 Å². The average molecular weight is 466 g/mol. The van der Waals surface area contributed by atoms with E-state index >= 15 is 0 Å². The zero-order chi connectivity index (χ0) is 24.7. The van der Waals surface area contributed by atoms with Gasteiger partial charge in [-0.15, -0.1) is 0 Å². The molecule has 11 heteroatoms. The van der Waals surface area contributed by atoms with Crippen LogP contribution in [-0.4, -0.2) is 88.9 Å². The van der Waals surface area contributed by atoms with Crippen molar-refractivity contribution in [2.75, 3.05) is 6.61 Å². The van der Waals surface area contributed by atoms with Crippen LogP contribution in [0.25, 0.3) is 0 Å². The maximum Gasteiger partial charge on any atom is 0.195 e. The number of aliphatic hydroxyl groups excluding tert-OH is 5. The van der Waals surface area contributed by atoms with Crippen molar-refractivity contribution in [1.29, 1.82) is 0 Å². The van der Waals surface area contributed by atoms with Crippen LogP contribution in [0.1, 0.15) is 28.4 Å². The SMILES string of the molecule is C[C@@]1(c2c(O)ccc(C(=O)[C@H](O)Cc3ccc(O)c(O)c3)c2O)O[C@H](CO)[C@@H](O)[C@H](O)[C@H]1O. The van der Waals surface area contributed by atoms with Gasteiger partial charge in [0.25, 0.3) is 0 Å².